The second-order valence-corrected chi connectivity index (χ2v) is 6.81. The molecule has 0 fully saturated rings. The molecule has 0 heterocycles. The fourth-order valence-electron chi connectivity index (χ4n) is 2.40. The van der Waals surface area contributed by atoms with Crippen molar-refractivity contribution < 1.29 is 14.4 Å². The number of carbonyl (C=O) groups is 1. The summed E-state index contributed by atoms with van der Waals surface area (Å²) in [6.07, 6.45) is 0. The molecule has 0 aliphatic heterocycles. The molecule has 0 saturated heterocycles. The van der Waals surface area contributed by atoms with E-state index in [1.165, 1.54) is 42.8 Å². The van der Waals surface area contributed by atoms with Crippen LogP contribution in [0.2, 0.25) is 0 Å². The molecule has 132 valence electrons. The van der Waals surface area contributed by atoms with Crippen LogP contribution in [0.5, 0.6) is 5.75 Å². The van der Waals surface area contributed by atoms with Gasteiger partial charge in [-0.05, 0) is 48.5 Å². The summed E-state index contributed by atoms with van der Waals surface area (Å²) < 4.78 is 1.28. The van der Waals surface area contributed by atoms with E-state index < -0.39 is 0 Å². The number of hydrogen-bond acceptors (Lipinski definition) is 2. The summed E-state index contributed by atoms with van der Waals surface area (Å²) in [7, 11) is 0. The summed E-state index contributed by atoms with van der Waals surface area (Å²) in [6.45, 7) is 19.8. The molecule has 1 rings (SSSR count). The van der Waals surface area contributed by atoms with E-state index >= 15 is 0 Å². The highest BCUT2D eigenvalue weighted by Crippen LogP contribution is 2.13. The van der Waals surface area contributed by atoms with Crippen LogP contribution in [0, 0.1) is 0 Å². The molecule has 1 aromatic rings. The molecule has 23 heavy (non-hydrogen) atoms. The first-order valence-electron chi connectivity index (χ1n) is 8.58. The molecule has 0 aliphatic rings. The maximum atomic E-state index is 11.6. The molecule has 0 atom stereocenters. The lowest BCUT2D eigenvalue weighted by molar-refractivity contribution is -0.921. The van der Waals surface area contributed by atoms with Crippen LogP contribution >= 0.6 is 0 Å². The Kier molecular flexibility index (Phi) is 8.91. The van der Waals surface area contributed by atoms with Crippen molar-refractivity contribution in [3.8, 4) is 5.75 Å². The smallest absolute Gasteiger partial charge is 0.251 e. The van der Waals surface area contributed by atoms with Crippen LogP contribution in [0.15, 0.2) is 24.3 Å². The van der Waals surface area contributed by atoms with Crippen molar-refractivity contribution in [1.29, 1.82) is 0 Å². The quantitative estimate of drug-likeness (QED) is 0.847. The van der Waals surface area contributed by atoms with E-state index in [1.54, 1.807) is 12.1 Å². The van der Waals surface area contributed by atoms with E-state index in [0.717, 1.165) is 0 Å². The summed E-state index contributed by atoms with van der Waals surface area (Å²) >= 11 is 0. The summed E-state index contributed by atoms with van der Waals surface area (Å²) in [6, 6.07) is 6.22. The van der Waals surface area contributed by atoms with Gasteiger partial charge in [-0.15, -0.1) is 0 Å². The molecule has 1 aromatic carbocycles. The Bertz CT molecular complexity index is 457. The molecule has 4 heteroatoms. The highest BCUT2D eigenvalue weighted by molar-refractivity contribution is 5.96. The largest absolute Gasteiger partial charge is 0.872 e. The van der Waals surface area contributed by atoms with Gasteiger partial charge in [0.25, 0.3) is 5.91 Å². The minimum absolute atomic E-state index is 0.197. The van der Waals surface area contributed by atoms with Gasteiger partial charge in [-0.2, -0.15) is 0 Å². The number of rotatable bonds is 5. The van der Waals surface area contributed by atoms with Crippen LogP contribution in [0.1, 0.15) is 58.8 Å². The summed E-state index contributed by atoms with van der Waals surface area (Å²) in [5.41, 5.74) is -0.123. The fraction of sp³-hybridized carbons (Fsp3) is 0.632. The predicted molar refractivity (Wildman–Crippen MR) is 95.5 cm³/mol. The first kappa shape index (κ1) is 21.4. The second-order valence-electron chi connectivity index (χ2n) is 6.81. The standard InChI is InChI=1S/C11H15NO2.C8H20N/c1-11(2,3)12-10(14)8-6-4-5-7-9(8)13;1-5-9(6-2,7-3)8-4/h4-7,13H,1-3H3,(H,12,14);5-8H2,1-4H3/q;+1/p-1. The zero-order valence-electron chi connectivity index (χ0n) is 15.9. The van der Waals surface area contributed by atoms with Gasteiger partial charge in [0.2, 0.25) is 0 Å². The van der Waals surface area contributed by atoms with E-state index in [9.17, 15) is 9.90 Å². The second kappa shape index (κ2) is 9.56. The first-order chi connectivity index (χ1) is 10.6. The summed E-state index contributed by atoms with van der Waals surface area (Å²) in [5.74, 6) is -0.558. The van der Waals surface area contributed by atoms with Gasteiger partial charge in [0.05, 0.1) is 26.2 Å². The Labute approximate surface area is 142 Å². The molecule has 1 N–H and O–H groups in total. The Morgan fingerprint density at radius 3 is 1.74 bits per heavy atom. The number of benzene rings is 1. The average Bonchev–Trinajstić information content (AvgIpc) is 2.49. The number of quaternary nitrogens is 1. The number of hydrogen-bond donors (Lipinski definition) is 1. The molecule has 0 bridgehead atoms. The third-order valence-electron chi connectivity index (χ3n) is 4.30. The van der Waals surface area contributed by atoms with E-state index in [4.69, 9.17) is 0 Å². The molecule has 4 nitrogen and oxygen atoms in total. The lowest BCUT2D eigenvalue weighted by Gasteiger charge is -2.34. The maximum Gasteiger partial charge on any atom is 0.251 e. The van der Waals surface area contributed by atoms with Gasteiger partial charge in [-0.3, -0.25) is 4.79 Å². The highest BCUT2D eigenvalue weighted by Gasteiger charge is 2.16. The Balaban J connectivity index is 0.000000468. The number of carbonyl (C=O) groups excluding carboxylic acids is 1. The van der Waals surface area contributed by atoms with E-state index in [0.29, 0.717) is 0 Å². The van der Waals surface area contributed by atoms with Crippen LogP contribution in [0.25, 0.3) is 0 Å². The molecule has 0 radical (unpaired) electrons. The SMILES string of the molecule is CC(C)(C)NC(=O)c1ccccc1[O-].CC[N+](CC)(CC)CC. The van der Waals surface area contributed by atoms with Gasteiger partial charge in [-0.25, -0.2) is 0 Å². The third kappa shape index (κ3) is 7.51. The zero-order chi connectivity index (χ0) is 18.1. The highest BCUT2D eigenvalue weighted by atomic mass is 16.3. The summed E-state index contributed by atoms with van der Waals surface area (Å²) in [4.78, 5) is 11.6. The number of amides is 1. The maximum absolute atomic E-state index is 11.6. The third-order valence-corrected chi connectivity index (χ3v) is 4.30. The first-order valence-corrected chi connectivity index (χ1v) is 8.58. The number of nitrogens with one attached hydrogen (secondary N) is 1. The monoisotopic (exact) mass is 322 g/mol. The van der Waals surface area contributed by atoms with E-state index in [1.807, 2.05) is 20.8 Å². The van der Waals surface area contributed by atoms with Gasteiger partial charge in [0, 0.05) is 11.1 Å². The van der Waals surface area contributed by atoms with Crippen molar-refractivity contribution >= 4 is 5.91 Å². The molecule has 0 aromatic heterocycles. The minimum Gasteiger partial charge on any atom is -0.872 e. The van der Waals surface area contributed by atoms with Crippen LogP contribution < -0.4 is 10.4 Å². The van der Waals surface area contributed by atoms with Gasteiger partial charge >= 0.3 is 0 Å². The molecule has 0 saturated carbocycles. The van der Waals surface area contributed by atoms with Crippen LogP contribution in [0.4, 0.5) is 0 Å². The molecule has 0 unspecified atom stereocenters. The number of nitrogens with zero attached hydrogens (tertiary/aromatic N) is 1. The molecular formula is C19H34N2O2. The number of para-hydroxylation sites is 1. The Hall–Kier alpha value is -1.55. The van der Waals surface area contributed by atoms with Crippen molar-refractivity contribution in [2.45, 2.75) is 54.0 Å². The lowest BCUT2D eigenvalue weighted by Crippen LogP contribution is -2.47. The van der Waals surface area contributed by atoms with Crippen molar-refractivity contribution in [3.05, 3.63) is 29.8 Å². The molecular weight excluding hydrogens is 288 g/mol. The zero-order valence-corrected chi connectivity index (χ0v) is 15.9. The average molecular weight is 322 g/mol. The van der Waals surface area contributed by atoms with Crippen molar-refractivity contribution in [2.75, 3.05) is 26.2 Å². The van der Waals surface area contributed by atoms with Crippen LogP contribution in [-0.2, 0) is 0 Å². The van der Waals surface area contributed by atoms with Gasteiger partial charge in [0.15, 0.2) is 0 Å². The van der Waals surface area contributed by atoms with Crippen LogP contribution in [-0.4, -0.2) is 42.1 Å². The Morgan fingerprint density at radius 1 is 1.00 bits per heavy atom. The molecule has 0 aliphatic carbocycles. The van der Waals surface area contributed by atoms with E-state index in [2.05, 4.69) is 33.0 Å². The lowest BCUT2D eigenvalue weighted by atomic mass is 10.1. The summed E-state index contributed by atoms with van der Waals surface area (Å²) in [5, 5.41) is 14.0. The molecule has 1 amide bonds. The van der Waals surface area contributed by atoms with Crippen molar-refractivity contribution in [1.82, 2.24) is 5.32 Å². The van der Waals surface area contributed by atoms with E-state index in [-0.39, 0.29) is 22.8 Å². The van der Waals surface area contributed by atoms with Crippen LogP contribution in [0.3, 0.4) is 0 Å². The fourth-order valence-corrected chi connectivity index (χ4v) is 2.40. The minimum atomic E-state index is -0.320. The van der Waals surface area contributed by atoms with Gasteiger partial charge in [0.1, 0.15) is 0 Å². The normalized spacial score (nSPS) is 11.4. The predicted octanol–water partition coefficient (Wildman–Crippen LogP) is 3.17. The van der Waals surface area contributed by atoms with Gasteiger partial charge in [-0.1, -0.05) is 30.0 Å². The van der Waals surface area contributed by atoms with Crippen molar-refractivity contribution in [3.63, 3.8) is 0 Å². The van der Waals surface area contributed by atoms with Gasteiger partial charge < -0.3 is 14.9 Å². The Morgan fingerprint density at radius 2 is 1.43 bits per heavy atom. The van der Waals surface area contributed by atoms with Crippen molar-refractivity contribution in [2.24, 2.45) is 0 Å². The topological polar surface area (TPSA) is 52.2 Å². The molecule has 0 spiro atoms.